The molecule has 6 nitrogen and oxygen atoms in total. The van der Waals surface area contributed by atoms with Gasteiger partial charge in [0, 0.05) is 11.9 Å². The quantitative estimate of drug-likeness (QED) is 0.554. The van der Waals surface area contributed by atoms with E-state index < -0.39 is 0 Å². The number of hydrazine groups is 1. The normalized spacial score (nSPS) is 9.56. The number of nitriles is 1. The number of aromatic nitrogens is 2. The van der Waals surface area contributed by atoms with Crippen molar-refractivity contribution in [1.82, 2.24) is 9.97 Å². The lowest BCUT2D eigenvalue weighted by Gasteiger charge is -2.06. The van der Waals surface area contributed by atoms with Gasteiger partial charge in [-0.2, -0.15) is 10.2 Å². The average molecular weight is 240 g/mol. The Morgan fingerprint density at radius 2 is 2.00 bits per heavy atom. The molecule has 2 aromatic rings. The van der Waals surface area contributed by atoms with E-state index in [4.69, 9.17) is 11.1 Å². The predicted molar refractivity (Wildman–Crippen MR) is 68.9 cm³/mol. The van der Waals surface area contributed by atoms with E-state index in [-0.39, 0.29) is 0 Å². The van der Waals surface area contributed by atoms with Crippen molar-refractivity contribution in [3.63, 3.8) is 0 Å². The third-order valence-corrected chi connectivity index (χ3v) is 2.29. The van der Waals surface area contributed by atoms with Gasteiger partial charge in [-0.15, -0.1) is 0 Å². The molecule has 0 atom stereocenters. The molecule has 0 radical (unpaired) electrons. The van der Waals surface area contributed by atoms with Gasteiger partial charge < -0.3 is 5.32 Å². The SMILES string of the molecule is N#CCc1ccc(Nc2ccnc(NN)n2)cc1. The number of rotatable bonds is 4. The smallest absolute Gasteiger partial charge is 0.239 e. The molecule has 2 rings (SSSR count). The summed E-state index contributed by atoms with van der Waals surface area (Å²) in [5.74, 6) is 6.22. The first-order chi connectivity index (χ1) is 8.81. The minimum Gasteiger partial charge on any atom is -0.340 e. The first-order valence-corrected chi connectivity index (χ1v) is 5.34. The predicted octanol–water partition coefficient (Wildman–Crippen LogP) is 1.57. The summed E-state index contributed by atoms with van der Waals surface area (Å²) >= 11 is 0. The standard InChI is InChI=1S/C12H12N6/c13-7-5-9-1-3-10(4-2-9)16-11-6-8-15-12(17-11)18-14/h1-4,6,8H,5,14H2,(H2,15,16,17,18). The fourth-order valence-electron chi connectivity index (χ4n) is 1.44. The van der Waals surface area contributed by atoms with Crippen molar-refractivity contribution in [2.75, 3.05) is 10.7 Å². The maximum atomic E-state index is 8.58. The molecule has 4 N–H and O–H groups in total. The molecule has 1 heterocycles. The second kappa shape index (κ2) is 5.61. The third kappa shape index (κ3) is 2.93. The Kier molecular flexibility index (Phi) is 3.69. The molecule has 1 aromatic carbocycles. The van der Waals surface area contributed by atoms with Crippen LogP contribution < -0.4 is 16.6 Å². The molecular weight excluding hydrogens is 228 g/mol. The van der Waals surface area contributed by atoms with Gasteiger partial charge in [0.1, 0.15) is 5.82 Å². The summed E-state index contributed by atoms with van der Waals surface area (Å²) < 4.78 is 0. The molecule has 0 bridgehead atoms. The highest BCUT2D eigenvalue weighted by Gasteiger charge is 1.99. The number of nitrogen functional groups attached to an aromatic ring is 1. The second-order valence-electron chi connectivity index (χ2n) is 3.57. The van der Waals surface area contributed by atoms with Crippen molar-refractivity contribution in [2.45, 2.75) is 6.42 Å². The van der Waals surface area contributed by atoms with E-state index in [0.29, 0.717) is 18.2 Å². The number of nitrogens with zero attached hydrogens (tertiary/aromatic N) is 3. The van der Waals surface area contributed by atoms with Gasteiger partial charge in [-0.05, 0) is 23.8 Å². The van der Waals surface area contributed by atoms with Crippen molar-refractivity contribution < 1.29 is 0 Å². The highest BCUT2D eigenvalue weighted by atomic mass is 15.3. The van der Waals surface area contributed by atoms with Gasteiger partial charge in [0.05, 0.1) is 12.5 Å². The van der Waals surface area contributed by atoms with E-state index in [1.165, 1.54) is 0 Å². The van der Waals surface area contributed by atoms with Crippen LogP contribution in [-0.2, 0) is 6.42 Å². The Morgan fingerprint density at radius 1 is 1.22 bits per heavy atom. The van der Waals surface area contributed by atoms with E-state index >= 15 is 0 Å². The maximum Gasteiger partial charge on any atom is 0.239 e. The number of hydrogen-bond acceptors (Lipinski definition) is 6. The van der Waals surface area contributed by atoms with Crippen molar-refractivity contribution in [1.29, 1.82) is 5.26 Å². The summed E-state index contributed by atoms with van der Waals surface area (Å²) in [6.45, 7) is 0. The molecule has 0 saturated heterocycles. The molecule has 0 unspecified atom stereocenters. The summed E-state index contributed by atoms with van der Waals surface area (Å²) in [7, 11) is 0. The first kappa shape index (κ1) is 11.8. The molecule has 18 heavy (non-hydrogen) atoms. The van der Waals surface area contributed by atoms with Crippen molar-refractivity contribution in [2.24, 2.45) is 5.84 Å². The minimum atomic E-state index is 0.348. The number of anilines is 3. The molecule has 0 fully saturated rings. The summed E-state index contributed by atoms with van der Waals surface area (Å²) in [6, 6.07) is 11.4. The summed E-state index contributed by atoms with van der Waals surface area (Å²) in [5.41, 5.74) is 4.25. The molecule has 90 valence electrons. The van der Waals surface area contributed by atoms with Crippen LogP contribution in [0, 0.1) is 11.3 Å². The fourth-order valence-corrected chi connectivity index (χ4v) is 1.44. The largest absolute Gasteiger partial charge is 0.340 e. The van der Waals surface area contributed by atoms with Crippen LogP contribution in [0.25, 0.3) is 0 Å². The van der Waals surface area contributed by atoms with Gasteiger partial charge in [-0.3, -0.25) is 5.43 Å². The molecular formula is C12H12N6. The van der Waals surface area contributed by atoms with E-state index in [1.807, 2.05) is 24.3 Å². The molecule has 0 saturated carbocycles. The Hall–Kier alpha value is -2.65. The second-order valence-corrected chi connectivity index (χ2v) is 3.57. The summed E-state index contributed by atoms with van der Waals surface area (Å²) in [4.78, 5) is 8.05. The van der Waals surface area contributed by atoms with Gasteiger partial charge >= 0.3 is 0 Å². The monoisotopic (exact) mass is 240 g/mol. The molecule has 1 aromatic heterocycles. The minimum absolute atomic E-state index is 0.348. The fraction of sp³-hybridized carbons (Fsp3) is 0.0833. The zero-order valence-corrected chi connectivity index (χ0v) is 9.59. The van der Waals surface area contributed by atoms with Crippen LogP contribution >= 0.6 is 0 Å². The Balaban J connectivity index is 2.11. The van der Waals surface area contributed by atoms with Crippen LogP contribution in [0.4, 0.5) is 17.5 Å². The van der Waals surface area contributed by atoms with Gasteiger partial charge in [0.15, 0.2) is 0 Å². The van der Waals surface area contributed by atoms with Crippen LogP contribution in [0.2, 0.25) is 0 Å². The molecule has 0 aliphatic carbocycles. The van der Waals surface area contributed by atoms with Crippen LogP contribution in [0.5, 0.6) is 0 Å². The van der Waals surface area contributed by atoms with Crippen LogP contribution in [-0.4, -0.2) is 9.97 Å². The van der Waals surface area contributed by atoms with E-state index in [9.17, 15) is 0 Å². The number of nitrogens with one attached hydrogen (secondary N) is 2. The van der Waals surface area contributed by atoms with Gasteiger partial charge in [0.2, 0.25) is 5.95 Å². The van der Waals surface area contributed by atoms with E-state index in [1.54, 1.807) is 12.3 Å². The lowest BCUT2D eigenvalue weighted by atomic mass is 10.1. The van der Waals surface area contributed by atoms with E-state index in [2.05, 4.69) is 26.8 Å². The number of hydrogen-bond donors (Lipinski definition) is 3. The van der Waals surface area contributed by atoms with E-state index in [0.717, 1.165) is 11.3 Å². The van der Waals surface area contributed by atoms with Crippen LogP contribution in [0.3, 0.4) is 0 Å². The Bertz CT molecular complexity index is 558. The lowest BCUT2D eigenvalue weighted by Crippen LogP contribution is -2.10. The molecule has 0 spiro atoms. The maximum absolute atomic E-state index is 8.58. The lowest BCUT2D eigenvalue weighted by molar-refractivity contribution is 1.12. The molecule has 6 heteroatoms. The Morgan fingerprint density at radius 3 is 2.67 bits per heavy atom. The first-order valence-electron chi connectivity index (χ1n) is 5.34. The molecule has 0 aliphatic heterocycles. The highest BCUT2D eigenvalue weighted by Crippen LogP contribution is 2.15. The van der Waals surface area contributed by atoms with Gasteiger partial charge in [0.25, 0.3) is 0 Å². The third-order valence-electron chi connectivity index (χ3n) is 2.29. The zero-order valence-electron chi connectivity index (χ0n) is 9.59. The van der Waals surface area contributed by atoms with Crippen LogP contribution in [0.15, 0.2) is 36.5 Å². The summed E-state index contributed by atoms with van der Waals surface area (Å²) in [6.07, 6.45) is 2.02. The number of benzene rings is 1. The molecule has 0 amide bonds. The van der Waals surface area contributed by atoms with Gasteiger partial charge in [-0.25, -0.2) is 10.8 Å². The van der Waals surface area contributed by atoms with Crippen molar-refractivity contribution >= 4 is 17.5 Å². The van der Waals surface area contributed by atoms with Crippen molar-refractivity contribution in [3.8, 4) is 6.07 Å². The summed E-state index contributed by atoms with van der Waals surface area (Å²) in [5, 5.41) is 11.7. The highest BCUT2D eigenvalue weighted by molar-refractivity contribution is 5.57. The Labute approximate surface area is 104 Å². The molecule has 0 aliphatic rings. The average Bonchev–Trinajstić information content (AvgIpc) is 2.42. The van der Waals surface area contributed by atoms with Crippen molar-refractivity contribution in [3.05, 3.63) is 42.1 Å². The number of nitrogens with two attached hydrogens (primary N) is 1. The van der Waals surface area contributed by atoms with Crippen LogP contribution in [0.1, 0.15) is 5.56 Å². The topological polar surface area (TPSA) is 99.7 Å². The van der Waals surface area contributed by atoms with Gasteiger partial charge in [-0.1, -0.05) is 12.1 Å². The zero-order chi connectivity index (χ0) is 12.8.